The predicted octanol–water partition coefficient (Wildman–Crippen LogP) is 3.34. The van der Waals surface area contributed by atoms with Crippen LogP contribution in [0.3, 0.4) is 0 Å². The molecule has 1 saturated heterocycles. The van der Waals surface area contributed by atoms with Gasteiger partial charge in [-0.2, -0.15) is 0 Å². The number of rotatable bonds is 1. The Morgan fingerprint density at radius 3 is 2.60 bits per heavy atom. The van der Waals surface area contributed by atoms with Crippen LogP contribution in [0, 0.1) is 0 Å². The first-order chi connectivity index (χ1) is 7.08. The van der Waals surface area contributed by atoms with E-state index in [1.807, 2.05) is 0 Å². The van der Waals surface area contributed by atoms with Gasteiger partial charge in [-0.3, -0.25) is 4.79 Å². The van der Waals surface area contributed by atoms with Crippen LogP contribution in [0.25, 0.3) is 0 Å². The van der Waals surface area contributed by atoms with Crippen LogP contribution >= 0.6 is 34.8 Å². The predicted molar refractivity (Wildman–Crippen MR) is 63.1 cm³/mol. The Morgan fingerprint density at radius 2 is 2.07 bits per heavy atom. The van der Waals surface area contributed by atoms with E-state index in [0.717, 1.165) is 0 Å². The van der Waals surface area contributed by atoms with E-state index in [1.165, 1.54) is 0 Å². The van der Waals surface area contributed by atoms with Crippen molar-refractivity contribution >= 4 is 46.4 Å². The molecule has 1 fully saturated rings. The molecule has 2 nitrogen and oxygen atoms in total. The standard InChI is InChI=1S/C10H8Cl3NO/c11-6-1-2-9(8(13)3-6)14-5-7(12)4-10(14)15/h1-3,7H,4-5H2. The van der Waals surface area contributed by atoms with Gasteiger partial charge in [0.1, 0.15) is 0 Å². The van der Waals surface area contributed by atoms with E-state index in [-0.39, 0.29) is 11.3 Å². The molecule has 0 spiro atoms. The molecule has 1 unspecified atom stereocenters. The molecule has 15 heavy (non-hydrogen) atoms. The third-order valence-electron chi connectivity index (χ3n) is 2.28. The molecular weight excluding hydrogens is 256 g/mol. The highest BCUT2D eigenvalue weighted by Gasteiger charge is 2.30. The maximum Gasteiger partial charge on any atom is 0.228 e. The van der Waals surface area contributed by atoms with Crippen molar-refractivity contribution in [2.45, 2.75) is 11.8 Å². The first kappa shape index (κ1) is 11.1. The Balaban J connectivity index is 2.34. The minimum absolute atomic E-state index is 0.000720. The van der Waals surface area contributed by atoms with Gasteiger partial charge in [-0.15, -0.1) is 11.6 Å². The number of hydrogen-bond donors (Lipinski definition) is 0. The van der Waals surface area contributed by atoms with Crippen molar-refractivity contribution in [1.82, 2.24) is 0 Å². The smallest absolute Gasteiger partial charge is 0.228 e. The topological polar surface area (TPSA) is 20.3 Å². The molecule has 1 aliphatic rings. The third-order valence-corrected chi connectivity index (χ3v) is 3.11. The maximum absolute atomic E-state index is 11.6. The van der Waals surface area contributed by atoms with Gasteiger partial charge >= 0.3 is 0 Å². The van der Waals surface area contributed by atoms with Crippen molar-refractivity contribution in [3.8, 4) is 0 Å². The van der Waals surface area contributed by atoms with E-state index < -0.39 is 0 Å². The Hall–Kier alpha value is -0.440. The summed E-state index contributed by atoms with van der Waals surface area (Å²) in [5, 5.41) is 0.892. The minimum Gasteiger partial charge on any atom is -0.309 e. The van der Waals surface area contributed by atoms with Crippen LogP contribution in [0.4, 0.5) is 5.69 Å². The zero-order chi connectivity index (χ0) is 11.0. The SMILES string of the molecule is O=C1CC(Cl)CN1c1ccc(Cl)cc1Cl. The molecule has 0 saturated carbocycles. The normalized spacial score (nSPS) is 21.1. The molecule has 1 heterocycles. The van der Waals surface area contributed by atoms with E-state index in [4.69, 9.17) is 34.8 Å². The van der Waals surface area contributed by atoms with Gasteiger partial charge < -0.3 is 4.90 Å². The van der Waals surface area contributed by atoms with Crippen molar-refractivity contribution in [3.05, 3.63) is 28.2 Å². The summed E-state index contributed by atoms with van der Waals surface area (Å²) < 4.78 is 0. The number of amides is 1. The summed E-state index contributed by atoms with van der Waals surface area (Å²) in [5.74, 6) is -0.000720. The van der Waals surface area contributed by atoms with Crippen LogP contribution in [0.15, 0.2) is 18.2 Å². The zero-order valence-corrected chi connectivity index (χ0v) is 9.98. The summed E-state index contributed by atoms with van der Waals surface area (Å²) in [7, 11) is 0. The molecule has 2 rings (SSSR count). The molecule has 80 valence electrons. The fourth-order valence-electron chi connectivity index (χ4n) is 1.60. The first-order valence-corrected chi connectivity index (χ1v) is 5.66. The molecule has 0 N–H and O–H groups in total. The van der Waals surface area contributed by atoms with Crippen molar-refractivity contribution in [2.24, 2.45) is 0 Å². The lowest BCUT2D eigenvalue weighted by molar-refractivity contribution is -0.117. The molecule has 1 aromatic carbocycles. The average molecular weight is 265 g/mol. The van der Waals surface area contributed by atoms with Gasteiger partial charge in [0, 0.05) is 18.0 Å². The average Bonchev–Trinajstić information content (AvgIpc) is 2.45. The van der Waals surface area contributed by atoms with Gasteiger partial charge in [-0.1, -0.05) is 23.2 Å². The van der Waals surface area contributed by atoms with Gasteiger partial charge in [0.05, 0.1) is 16.1 Å². The molecule has 1 aliphatic heterocycles. The van der Waals surface area contributed by atoms with Crippen LogP contribution < -0.4 is 4.90 Å². The largest absolute Gasteiger partial charge is 0.309 e. The molecule has 0 aliphatic carbocycles. The summed E-state index contributed by atoms with van der Waals surface area (Å²) in [4.78, 5) is 13.2. The van der Waals surface area contributed by atoms with Crippen molar-refractivity contribution in [2.75, 3.05) is 11.4 Å². The Morgan fingerprint density at radius 1 is 1.33 bits per heavy atom. The molecule has 5 heteroatoms. The van der Waals surface area contributed by atoms with Crippen molar-refractivity contribution in [3.63, 3.8) is 0 Å². The third kappa shape index (κ3) is 2.22. The highest BCUT2D eigenvalue weighted by atomic mass is 35.5. The number of nitrogens with zero attached hydrogens (tertiary/aromatic N) is 1. The molecule has 0 aromatic heterocycles. The monoisotopic (exact) mass is 263 g/mol. The van der Waals surface area contributed by atoms with Crippen LogP contribution in [0.1, 0.15) is 6.42 Å². The van der Waals surface area contributed by atoms with Gasteiger partial charge in [0.2, 0.25) is 5.91 Å². The lowest BCUT2D eigenvalue weighted by atomic mass is 10.3. The second kappa shape index (κ2) is 4.20. The van der Waals surface area contributed by atoms with Crippen LogP contribution in [0.5, 0.6) is 0 Å². The quantitative estimate of drug-likeness (QED) is 0.713. The second-order valence-corrected chi connectivity index (χ2v) is 4.86. The number of hydrogen-bond acceptors (Lipinski definition) is 1. The van der Waals surface area contributed by atoms with E-state index in [9.17, 15) is 4.79 Å². The molecule has 0 bridgehead atoms. The number of halogens is 3. The van der Waals surface area contributed by atoms with Gasteiger partial charge in [-0.05, 0) is 18.2 Å². The summed E-state index contributed by atoms with van der Waals surface area (Å²) in [5.41, 5.74) is 0.675. The Labute approximate surface area is 103 Å². The van der Waals surface area contributed by atoms with Crippen molar-refractivity contribution in [1.29, 1.82) is 0 Å². The number of anilines is 1. The van der Waals surface area contributed by atoms with Gasteiger partial charge in [0.25, 0.3) is 0 Å². The fraction of sp³-hybridized carbons (Fsp3) is 0.300. The molecular formula is C10H8Cl3NO. The molecule has 1 aromatic rings. The molecule has 0 radical (unpaired) electrons. The highest BCUT2D eigenvalue weighted by Crippen LogP contribution is 2.32. The highest BCUT2D eigenvalue weighted by molar-refractivity contribution is 6.37. The Bertz CT molecular complexity index is 408. The molecule has 1 amide bonds. The fourth-order valence-corrected chi connectivity index (χ4v) is 2.38. The van der Waals surface area contributed by atoms with E-state index in [0.29, 0.717) is 28.7 Å². The summed E-state index contributed by atoms with van der Waals surface area (Å²) in [6, 6.07) is 5.06. The summed E-state index contributed by atoms with van der Waals surface area (Å²) in [6.07, 6.45) is 0.362. The second-order valence-electron chi connectivity index (χ2n) is 3.40. The number of carbonyl (C=O) groups is 1. The van der Waals surface area contributed by atoms with Crippen molar-refractivity contribution < 1.29 is 4.79 Å². The lowest BCUT2D eigenvalue weighted by Gasteiger charge is -2.17. The van der Waals surface area contributed by atoms with Gasteiger partial charge in [0.15, 0.2) is 0 Å². The van der Waals surface area contributed by atoms with Crippen LogP contribution in [0.2, 0.25) is 10.0 Å². The van der Waals surface area contributed by atoms with Gasteiger partial charge in [-0.25, -0.2) is 0 Å². The van der Waals surface area contributed by atoms with E-state index in [2.05, 4.69) is 0 Å². The van der Waals surface area contributed by atoms with E-state index in [1.54, 1.807) is 23.1 Å². The first-order valence-electron chi connectivity index (χ1n) is 4.47. The van der Waals surface area contributed by atoms with E-state index >= 15 is 0 Å². The zero-order valence-electron chi connectivity index (χ0n) is 7.71. The van der Waals surface area contributed by atoms with Crippen LogP contribution in [-0.4, -0.2) is 17.8 Å². The number of benzene rings is 1. The molecule has 1 atom stereocenters. The summed E-state index contributed by atoms with van der Waals surface area (Å²) in [6.45, 7) is 0.502. The Kier molecular flexibility index (Phi) is 3.10. The minimum atomic E-state index is -0.135. The maximum atomic E-state index is 11.6. The summed E-state index contributed by atoms with van der Waals surface area (Å²) >= 11 is 17.7. The van der Waals surface area contributed by atoms with Crippen LogP contribution in [-0.2, 0) is 4.79 Å². The number of alkyl halides is 1. The number of carbonyl (C=O) groups excluding carboxylic acids is 1. The lowest BCUT2D eigenvalue weighted by Crippen LogP contribution is -2.24.